The van der Waals surface area contributed by atoms with Gasteiger partial charge in [0.1, 0.15) is 11.9 Å². The number of nitrogens with zero attached hydrogens (tertiary/aromatic N) is 3. The molecule has 3 rings (SSSR count). The van der Waals surface area contributed by atoms with Crippen LogP contribution in [0.15, 0.2) is 35.6 Å². The van der Waals surface area contributed by atoms with Crippen LogP contribution in [0.2, 0.25) is 10.0 Å². The van der Waals surface area contributed by atoms with Crippen LogP contribution in [-0.4, -0.2) is 70.0 Å². The molecule has 0 aliphatic carbocycles. The van der Waals surface area contributed by atoms with E-state index in [9.17, 15) is 9.90 Å². The first-order chi connectivity index (χ1) is 14.9. The number of benzene rings is 1. The Kier molecular flexibility index (Phi) is 9.22. The molecule has 1 aromatic heterocycles. The molecule has 31 heavy (non-hydrogen) atoms. The standard InChI is InChI=1S/C21H26Cl2N4O3S/c1-14-4-7-24-21(26-14)31-13-20(29)25-11-15(28)12-27-8-5-16(6-9-27)30-17-2-3-18(22)19(23)10-17/h2-4,7,10,15-16,28H,5-6,8-9,11-13H2,1H3,(H,25,29). The second-order valence-corrected chi connectivity index (χ2v) is 9.18. The number of likely N-dealkylation sites (tertiary alicyclic amines) is 1. The zero-order valence-corrected chi connectivity index (χ0v) is 19.6. The normalized spacial score (nSPS) is 16.1. The number of aromatic nitrogens is 2. The molecule has 2 aromatic rings. The number of ether oxygens (including phenoxy) is 1. The summed E-state index contributed by atoms with van der Waals surface area (Å²) in [7, 11) is 0. The molecule has 1 aliphatic heterocycles. The van der Waals surface area contributed by atoms with Crippen molar-refractivity contribution in [1.82, 2.24) is 20.2 Å². The Morgan fingerprint density at radius 3 is 2.81 bits per heavy atom. The number of hydrogen-bond acceptors (Lipinski definition) is 7. The molecule has 0 radical (unpaired) electrons. The summed E-state index contributed by atoms with van der Waals surface area (Å²) in [6, 6.07) is 7.08. The third kappa shape index (κ3) is 8.12. The van der Waals surface area contributed by atoms with Gasteiger partial charge < -0.3 is 20.1 Å². The highest BCUT2D eigenvalue weighted by molar-refractivity contribution is 7.99. The van der Waals surface area contributed by atoms with Gasteiger partial charge in [-0.2, -0.15) is 0 Å². The number of aryl methyl sites for hydroxylation is 1. The Morgan fingerprint density at radius 2 is 2.10 bits per heavy atom. The molecule has 10 heteroatoms. The quantitative estimate of drug-likeness (QED) is 0.417. The first-order valence-corrected chi connectivity index (χ1v) is 11.8. The molecular formula is C21H26Cl2N4O3S. The maximum Gasteiger partial charge on any atom is 0.230 e. The Morgan fingerprint density at radius 1 is 1.32 bits per heavy atom. The van der Waals surface area contributed by atoms with Gasteiger partial charge in [0.25, 0.3) is 0 Å². The fourth-order valence-corrected chi connectivity index (χ4v) is 4.22. The number of piperidine rings is 1. The smallest absolute Gasteiger partial charge is 0.230 e. The summed E-state index contributed by atoms with van der Waals surface area (Å²) >= 11 is 13.2. The predicted octanol–water partition coefficient (Wildman–Crippen LogP) is 3.20. The van der Waals surface area contributed by atoms with E-state index < -0.39 is 6.10 Å². The van der Waals surface area contributed by atoms with Crippen LogP contribution >= 0.6 is 35.0 Å². The van der Waals surface area contributed by atoms with E-state index in [2.05, 4.69) is 20.2 Å². The number of aliphatic hydroxyl groups is 1. The van der Waals surface area contributed by atoms with Crippen LogP contribution in [0.1, 0.15) is 18.5 Å². The number of nitrogens with one attached hydrogen (secondary N) is 1. The van der Waals surface area contributed by atoms with Gasteiger partial charge in [0, 0.05) is 44.1 Å². The van der Waals surface area contributed by atoms with E-state index in [0.29, 0.717) is 27.5 Å². The van der Waals surface area contributed by atoms with Crippen LogP contribution in [-0.2, 0) is 4.79 Å². The average Bonchev–Trinajstić information content (AvgIpc) is 2.75. The molecule has 2 heterocycles. The molecule has 0 saturated carbocycles. The van der Waals surface area contributed by atoms with E-state index in [1.165, 1.54) is 11.8 Å². The number of aliphatic hydroxyl groups excluding tert-OH is 1. The third-order valence-electron chi connectivity index (χ3n) is 4.84. The summed E-state index contributed by atoms with van der Waals surface area (Å²) in [6.07, 6.45) is 2.85. The lowest BCUT2D eigenvalue weighted by Gasteiger charge is -2.33. The van der Waals surface area contributed by atoms with Gasteiger partial charge in [0.2, 0.25) is 5.91 Å². The number of halogens is 2. The van der Waals surface area contributed by atoms with Crippen LogP contribution < -0.4 is 10.1 Å². The summed E-state index contributed by atoms with van der Waals surface area (Å²) in [6.45, 7) is 4.24. The number of hydrogen-bond donors (Lipinski definition) is 2. The lowest BCUT2D eigenvalue weighted by Crippen LogP contribution is -2.45. The monoisotopic (exact) mass is 484 g/mol. The highest BCUT2D eigenvalue weighted by atomic mass is 35.5. The molecule has 1 amide bonds. The molecule has 1 saturated heterocycles. The Hall–Kier alpha value is -1.58. The van der Waals surface area contributed by atoms with Crippen molar-refractivity contribution in [2.75, 3.05) is 31.9 Å². The van der Waals surface area contributed by atoms with Crippen molar-refractivity contribution in [2.45, 2.75) is 37.1 Å². The second-order valence-electron chi connectivity index (χ2n) is 7.42. The van der Waals surface area contributed by atoms with Gasteiger partial charge in [-0.3, -0.25) is 4.79 Å². The van der Waals surface area contributed by atoms with Gasteiger partial charge in [0.15, 0.2) is 5.16 Å². The minimum Gasteiger partial charge on any atom is -0.490 e. The fraction of sp³-hybridized carbons (Fsp3) is 0.476. The van der Waals surface area contributed by atoms with Gasteiger partial charge in [-0.1, -0.05) is 35.0 Å². The Labute approximate surface area is 196 Å². The summed E-state index contributed by atoms with van der Waals surface area (Å²) in [5, 5.41) is 14.6. The SMILES string of the molecule is Cc1ccnc(SCC(=O)NCC(O)CN2CCC(Oc3ccc(Cl)c(Cl)c3)CC2)n1. The molecule has 1 atom stereocenters. The fourth-order valence-electron chi connectivity index (χ4n) is 3.22. The van der Waals surface area contributed by atoms with Crippen LogP contribution in [0.4, 0.5) is 0 Å². The summed E-state index contributed by atoms with van der Waals surface area (Å²) < 4.78 is 5.99. The molecule has 1 aromatic carbocycles. The van der Waals surface area contributed by atoms with E-state index in [0.717, 1.165) is 31.6 Å². The number of rotatable bonds is 9. The van der Waals surface area contributed by atoms with E-state index in [1.807, 2.05) is 19.1 Å². The first-order valence-electron chi connectivity index (χ1n) is 10.1. The predicted molar refractivity (Wildman–Crippen MR) is 123 cm³/mol. The second kappa shape index (κ2) is 11.9. The molecule has 0 spiro atoms. The van der Waals surface area contributed by atoms with Crippen molar-refractivity contribution in [3.8, 4) is 5.75 Å². The third-order valence-corrected chi connectivity index (χ3v) is 6.44. The van der Waals surface area contributed by atoms with Gasteiger partial charge >= 0.3 is 0 Å². The largest absolute Gasteiger partial charge is 0.490 e. The van der Waals surface area contributed by atoms with Crippen molar-refractivity contribution in [3.05, 3.63) is 46.2 Å². The van der Waals surface area contributed by atoms with Gasteiger partial charge in [-0.05, 0) is 38.0 Å². The molecule has 168 valence electrons. The van der Waals surface area contributed by atoms with Gasteiger partial charge in [-0.25, -0.2) is 9.97 Å². The van der Waals surface area contributed by atoms with Gasteiger partial charge in [-0.15, -0.1) is 0 Å². The summed E-state index contributed by atoms with van der Waals surface area (Å²) in [5.41, 5.74) is 0.861. The number of amides is 1. The van der Waals surface area contributed by atoms with Crippen LogP contribution in [0.25, 0.3) is 0 Å². The lowest BCUT2D eigenvalue weighted by atomic mass is 10.1. The Balaban J connectivity index is 1.31. The molecule has 1 unspecified atom stereocenters. The number of β-amino-alcohol motifs (C(OH)–C–C–N with tert-alkyl or cyclic N) is 1. The van der Waals surface area contributed by atoms with Crippen LogP contribution in [0, 0.1) is 6.92 Å². The molecule has 2 N–H and O–H groups in total. The van der Waals surface area contributed by atoms with E-state index >= 15 is 0 Å². The van der Waals surface area contributed by atoms with Gasteiger partial charge in [0.05, 0.1) is 21.9 Å². The first kappa shape index (κ1) is 24.1. The molecule has 1 aliphatic rings. The van der Waals surface area contributed by atoms with Crippen molar-refractivity contribution < 1.29 is 14.6 Å². The average molecular weight is 485 g/mol. The summed E-state index contributed by atoms with van der Waals surface area (Å²) in [4.78, 5) is 22.6. The minimum atomic E-state index is -0.628. The highest BCUT2D eigenvalue weighted by Crippen LogP contribution is 2.28. The van der Waals surface area contributed by atoms with Crippen LogP contribution in [0.5, 0.6) is 5.75 Å². The van der Waals surface area contributed by atoms with Crippen molar-refractivity contribution in [3.63, 3.8) is 0 Å². The number of thioether (sulfide) groups is 1. The molecule has 1 fully saturated rings. The van der Waals surface area contributed by atoms with E-state index in [-0.39, 0.29) is 24.3 Å². The number of carbonyl (C=O) groups excluding carboxylic acids is 1. The molecular weight excluding hydrogens is 459 g/mol. The minimum absolute atomic E-state index is 0.103. The topological polar surface area (TPSA) is 87.6 Å². The molecule has 0 bridgehead atoms. The Bertz CT molecular complexity index is 881. The highest BCUT2D eigenvalue weighted by Gasteiger charge is 2.22. The number of carbonyl (C=O) groups is 1. The summed E-state index contributed by atoms with van der Waals surface area (Å²) in [5.74, 6) is 0.778. The maximum absolute atomic E-state index is 12.0. The maximum atomic E-state index is 12.0. The van der Waals surface area contributed by atoms with Crippen molar-refractivity contribution in [1.29, 1.82) is 0 Å². The molecule has 7 nitrogen and oxygen atoms in total. The lowest BCUT2D eigenvalue weighted by molar-refractivity contribution is -0.119. The van der Waals surface area contributed by atoms with Crippen LogP contribution in [0.3, 0.4) is 0 Å². The van der Waals surface area contributed by atoms with E-state index in [1.54, 1.807) is 18.3 Å². The zero-order chi connectivity index (χ0) is 22.2. The van der Waals surface area contributed by atoms with E-state index in [4.69, 9.17) is 27.9 Å². The van der Waals surface area contributed by atoms with Crippen molar-refractivity contribution >= 4 is 40.9 Å². The zero-order valence-electron chi connectivity index (χ0n) is 17.3. The van der Waals surface area contributed by atoms with Crippen molar-refractivity contribution in [2.24, 2.45) is 0 Å².